The van der Waals surface area contributed by atoms with Crippen molar-refractivity contribution in [1.29, 1.82) is 0 Å². The minimum absolute atomic E-state index is 0.00108. The molecular formula is C14H12F2N2. The Morgan fingerprint density at radius 2 is 2.11 bits per heavy atom. The maximum atomic E-state index is 13.6. The zero-order valence-corrected chi connectivity index (χ0v) is 9.66. The molecule has 4 heteroatoms. The lowest BCUT2D eigenvalue weighted by Crippen LogP contribution is -2.09. The first-order chi connectivity index (χ1) is 8.74. The van der Waals surface area contributed by atoms with Crippen LogP contribution in [0.2, 0.25) is 0 Å². The highest BCUT2D eigenvalue weighted by Gasteiger charge is 2.24. The van der Waals surface area contributed by atoms with Gasteiger partial charge in [-0.05, 0) is 36.6 Å². The quantitative estimate of drug-likeness (QED) is 0.877. The van der Waals surface area contributed by atoms with E-state index in [-0.39, 0.29) is 6.04 Å². The number of aromatic nitrogens is 1. The van der Waals surface area contributed by atoms with Crippen LogP contribution in [0.4, 0.5) is 14.5 Å². The minimum atomic E-state index is -0.570. The van der Waals surface area contributed by atoms with Crippen LogP contribution in [-0.2, 0) is 6.42 Å². The summed E-state index contributed by atoms with van der Waals surface area (Å²) in [5.74, 6) is -1.14. The van der Waals surface area contributed by atoms with E-state index in [4.69, 9.17) is 0 Å². The van der Waals surface area contributed by atoms with Crippen molar-refractivity contribution >= 4 is 5.69 Å². The number of fused-ring (bicyclic) bond motifs is 1. The number of anilines is 1. The predicted molar refractivity (Wildman–Crippen MR) is 65.3 cm³/mol. The highest BCUT2D eigenvalue weighted by atomic mass is 19.1. The molecule has 3 rings (SSSR count). The van der Waals surface area contributed by atoms with Gasteiger partial charge in [0.15, 0.2) is 0 Å². The van der Waals surface area contributed by atoms with Crippen LogP contribution in [-0.4, -0.2) is 4.98 Å². The van der Waals surface area contributed by atoms with E-state index in [1.165, 1.54) is 17.7 Å². The first kappa shape index (κ1) is 11.1. The van der Waals surface area contributed by atoms with Gasteiger partial charge in [-0.3, -0.25) is 4.98 Å². The van der Waals surface area contributed by atoms with E-state index >= 15 is 0 Å². The fraction of sp³-hybridized carbons (Fsp3) is 0.214. The number of nitrogens with one attached hydrogen (secondary N) is 1. The van der Waals surface area contributed by atoms with Crippen molar-refractivity contribution in [2.45, 2.75) is 18.9 Å². The fourth-order valence-electron chi connectivity index (χ4n) is 2.35. The third-order valence-corrected chi connectivity index (χ3v) is 3.22. The lowest BCUT2D eigenvalue weighted by atomic mass is 10.2. The van der Waals surface area contributed by atoms with Gasteiger partial charge in [-0.25, -0.2) is 8.78 Å². The highest BCUT2D eigenvalue weighted by molar-refractivity contribution is 5.48. The molecule has 1 aliphatic rings. The number of pyridine rings is 1. The molecule has 0 fully saturated rings. The molecule has 0 aliphatic heterocycles. The zero-order chi connectivity index (χ0) is 12.5. The number of halogens is 2. The molecule has 1 N–H and O–H groups in total. The molecule has 0 bridgehead atoms. The Labute approximate surface area is 104 Å². The Morgan fingerprint density at radius 1 is 1.22 bits per heavy atom. The molecule has 18 heavy (non-hydrogen) atoms. The Morgan fingerprint density at radius 3 is 2.94 bits per heavy atom. The largest absolute Gasteiger partial charge is 0.374 e. The van der Waals surface area contributed by atoms with Crippen LogP contribution in [0.25, 0.3) is 0 Å². The number of hydrogen-bond acceptors (Lipinski definition) is 2. The molecule has 2 aromatic rings. The monoisotopic (exact) mass is 246 g/mol. The van der Waals surface area contributed by atoms with E-state index in [1.807, 2.05) is 12.1 Å². The molecule has 1 aliphatic carbocycles. The molecule has 1 atom stereocenters. The SMILES string of the molecule is Fc1ccc(NC2CCc3cccnc32)c(F)c1. The standard InChI is InChI=1S/C14H12F2N2/c15-10-4-6-12(11(16)8-10)18-13-5-3-9-2-1-7-17-14(9)13/h1-2,4,6-8,13,18H,3,5H2. The van der Waals surface area contributed by atoms with E-state index in [0.717, 1.165) is 24.6 Å². The van der Waals surface area contributed by atoms with Gasteiger partial charge in [-0.15, -0.1) is 0 Å². The summed E-state index contributed by atoms with van der Waals surface area (Å²) in [6, 6.07) is 7.49. The van der Waals surface area contributed by atoms with Gasteiger partial charge in [0.1, 0.15) is 11.6 Å². The number of hydrogen-bond donors (Lipinski definition) is 1. The topological polar surface area (TPSA) is 24.9 Å². The third kappa shape index (κ3) is 1.94. The van der Waals surface area contributed by atoms with Crippen LogP contribution >= 0.6 is 0 Å². The first-order valence-corrected chi connectivity index (χ1v) is 5.89. The van der Waals surface area contributed by atoms with Gasteiger partial charge in [0.25, 0.3) is 0 Å². The summed E-state index contributed by atoms with van der Waals surface area (Å²) in [5, 5.41) is 3.09. The number of rotatable bonds is 2. The lowest BCUT2D eigenvalue weighted by molar-refractivity contribution is 0.582. The van der Waals surface area contributed by atoms with Gasteiger partial charge in [-0.1, -0.05) is 6.07 Å². The van der Waals surface area contributed by atoms with Crippen LogP contribution in [0, 0.1) is 11.6 Å². The number of aryl methyl sites for hydroxylation is 1. The maximum absolute atomic E-state index is 13.6. The van der Waals surface area contributed by atoms with Crippen molar-refractivity contribution in [2.75, 3.05) is 5.32 Å². The van der Waals surface area contributed by atoms with Crippen molar-refractivity contribution in [3.8, 4) is 0 Å². The van der Waals surface area contributed by atoms with Gasteiger partial charge < -0.3 is 5.32 Å². The van der Waals surface area contributed by atoms with Gasteiger partial charge in [0.05, 0.1) is 17.4 Å². The van der Waals surface area contributed by atoms with Crippen LogP contribution < -0.4 is 5.32 Å². The second-order valence-electron chi connectivity index (χ2n) is 4.41. The molecule has 1 aromatic carbocycles. The van der Waals surface area contributed by atoms with Crippen LogP contribution in [0.5, 0.6) is 0 Å². The second-order valence-corrected chi connectivity index (χ2v) is 4.41. The molecule has 0 saturated heterocycles. The Bertz CT molecular complexity index is 584. The lowest BCUT2D eigenvalue weighted by Gasteiger charge is -2.15. The van der Waals surface area contributed by atoms with Crippen LogP contribution in [0.3, 0.4) is 0 Å². The molecule has 0 amide bonds. The average molecular weight is 246 g/mol. The van der Waals surface area contributed by atoms with E-state index in [2.05, 4.69) is 10.3 Å². The molecule has 0 saturated carbocycles. The van der Waals surface area contributed by atoms with Gasteiger partial charge in [-0.2, -0.15) is 0 Å². The molecule has 1 aromatic heterocycles. The Balaban J connectivity index is 1.86. The maximum Gasteiger partial charge on any atom is 0.149 e. The van der Waals surface area contributed by atoms with Crippen molar-refractivity contribution < 1.29 is 8.78 Å². The Hall–Kier alpha value is -1.97. The zero-order valence-electron chi connectivity index (χ0n) is 9.66. The van der Waals surface area contributed by atoms with Gasteiger partial charge in [0.2, 0.25) is 0 Å². The summed E-state index contributed by atoms with van der Waals surface area (Å²) in [7, 11) is 0. The smallest absolute Gasteiger partial charge is 0.149 e. The van der Waals surface area contributed by atoms with E-state index in [1.54, 1.807) is 6.20 Å². The van der Waals surface area contributed by atoms with Crippen molar-refractivity contribution in [1.82, 2.24) is 4.98 Å². The molecule has 0 spiro atoms. The average Bonchev–Trinajstić information content (AvgIpc) is 2.76. The summed E-state index contributed by atoms with van der Waals surface area (Å²) in [6.07, 6.45) is 3.55. The molecule has 92 valence electrons. The molecule has 0 radical (unpaired) electrons. The number of benzene rings is 1. The molecule has 1 heterocycles. The predicted octanol–water partition coefficient (Wildman–Crippen LogP) is 3.46. The third-order valence-electron chi connectivity index (χ3n) is 3.22. The molecule has 2 nitrogen and oxygen atoms in total. The van der Waals surface area contributed by atoms with Gasteiger partial charge in [0, 0.05) is 12.3 Å². The van der Waals surface area contributed by atoms with Crippen LogP contribution in [0.15, 0.2) is 36.5 Å². The van der Waals surface area contributed by atoms with Gasteiger partial charge >= 0.3 is 0 Å². The first-order valence-electron chi connectivity index (χ1n) is 5.89. The number of nitrogens with zero attached hydrogens (tertiary/aromatic N) is 1. The summed E-state index contributed by atoms with van der Waals surface area (Å²) in [4.78, 5) is 4.33. The highest BCUT2D eigenvalue weighted by Crippen LogP contribution is 2.32. The second kappa shape index (κ2) is 4.37. The summed E-state index contributed by atoms with van der Waals surface area (Å²) in [5.41, 5.74) is 2.47. The fourth-order valence-corrected chi connectivity index (χ4v) is 2.35. The summed E-state index contributed by atoms with van der Waals surface area (Å²) < 4.78 is 26.4. The normalized spacial score (nSPS) is 17.6. The molecule has 1 unspecified atom stereocenters. The van der Waals surface area contributed by atoms with Crippen molar-refractivity contribution in [2.24, 2.45) is 0 Å². The van der Waals surface area contributed by atoms with E-state index in [0.29, 0.717) is 5.69 Å². The summed E-state index contributed by atoms with van der Waals surface area (Å²) in [6.45, 7) is 0. The van der Waals surface area contributed by atoms with Crippen molar-refractivity contribution in [3.05, 3.63) is 59.4 Å². The van der Waals surface area contributed by atoms with Crippen LogP contribution in [0.1, 0.15) is 23.7 Å². The Kier molecular flexibility index (Phi) is 2.70. The minimum Gasteiger partial charge on any atom is -0.374 e. The summed E-state index contributed by atoms with van der Waals surface area (Å²) >= 11 is 0. The van der Waals surface area contributed by atoms with Crippen molar-refractivity contribution in [3.63, 3.8) is 0 Å². The molecular weight excluding hydrogens is 234 g/mol. The van der Waals surface area contributed by atoms with E-state index in [9.17, 15) is 8.78 Å². The van der Waals surface area contributed by atoms with E-state index < -0.39 is 11.6 Å².